The fraction of sp³-hybridized carbons (Fsp3) is 0.500. The van der Waals surface area contributed by atoms with Crippen molar-refractivity contribution in [3.8, 4) is 0 Å². The van der Waals surface area contributed by atoms with Gasteiger partial charge in [0.25, 0.3) is 0 Å². The minimum Gasteiger partial charge on any atom is -0.375 e. The SMILES string of the molecule is CCC1COC(C)CN1c1nc(NC)nc2ccccc12. The number of nitrogens with zero attached hydrogens (tertiary/aromatic N) is 3. The van der Waals surface area contributed by atoms with Crippen LogP contribution >= 0.6 is 0 Å². The van der Waals surface area contributed by atoms with Crippen LogP contribution in [0.15, 0.2) is 24.3 Å². The first kappa shape index (κ1) is 14.1. The highest BCUT2D eigenvalue weighted by molar-refractivity contribution is 5.90. The van der Waals surface area contributed by atoms with E-state index in [1.54, 1.807) is 0 Å². The van der Waals surface area contributed by atoms with Crippen molar-refractivity contribution in [2.75, 3.05) is 30.4 Å². The molecule has 0 aliphatic carbocycles. The van der Waals surface area contributed by atoms with Crippen LogP contribution in [-0.2, 0) is 4.74 Å². The molecule has 3 rings (SSSR count). The van der Waals surface area contributed by atoms with Gasteiger partial charge in [0.1, 0.15) is 5.82 Å². The van der Waals surface area contributed by atoms with Gasteiger partial charge in [-0.2, -0.15) is 4.98 Å². The number of rotatable bonds is 3. The fourth-order valence-corrected chi connectivity index (χ4v) is 2.83. The molecule has 2 heterocycles. The summed E-state index contributed by atoms with van der Waals surface area (Å²) in [6, 6.07) is 8.55. The van der Waals surface area contributed by atoms with Crippen LogP contribution in [0.4, 0.5) is 11.8 Å². The lowest BCUT2D eigenvalue weighted by atomic mass is 10.1. The van der Waals surface area contributed by atoms with Crippen molar-refractivity contribution in [2.24, 2.45) is 0 Å². The molecule has 0 bridgehead atoms. The number of fused-ring (bicyclic) bond motifs is 1. The number of ether oxygens (including phenoxy) is 1. The summed E-state index contributed by atoms with van der Waals surface area (Å²) in [5.41, 5.74) is 0.973. The van der Waals surface area contributed by atoms with Crippen molar-refractivity contribution in [3.05, 3.63) is 24.3 Å². The van der Waals surface area contributed by atoms with E-state index in [-0.39, 0.29) is 6.10 Å². The van der Waals surface area contributed by atoms with Crippen molar-refractivity contribution < 1.29 is 4.74 Å². The molecule has 1 aliphatic rings. The average molecular weight is 286 g/mol. The molecule has 112 valence electrons. The predicted octanol–water partition coefficient (Wildman–Crippen LogP) is 2.68. The van der Waals surface area contributed by atoms with Crippen molar-refractivity contribution in [1.82, 2.24) is 9.97 Å². The Balaban J connectivity index is 2.12. The Morgan fingerprint density at radius 2 is 2.14 bits per heavy atom. The lowest BCUT2D eigenvalue weighted by Crippen LogP contribution is -2.49. The van der Waals surface area contributed by atoms with E-state index < -0.39 is 0 Å². The molecule has 0 spiro atoms. The highest BCUT2D eigenvalue weighted by Crippen LogP contribution is 2.29. The van der Waals surface area contributed by atoms with Crippen LogP contribution in [0.5, 0.6) is 0 Å². The molecule has 5 heteroatoms. The van der Waals surface area contributed by atoms with Crippen LogP contribution in [0.25, 0.3) is 10.9 Å². The molecular weight excluding hydrogens is 264 g/mol. The Bertz CT molecular complexity index is 631. The van der Waals surface area contributed by atoms with Gasteiger partial charge in [0, 0.05) is 19.0 Å². The molecule has 2 atom stereocenters. The molecule has 1 aromatic heterocycles. The molecule has 0 saturated carbocycles. The summed E-state index contributed by atoms with van der Waals surface area (Å²) >= 11 is 0. The minimum atomic E-state index is 0.222. The van der Waals surface area contributed by atoms with Gasteiger partial charge in [-0.1, -0.05) is 19.1 Å². The zero-order valence-electron chi connectivity index (χ0n) is 12.8. The van der Waals surface area contributed by atoms with Crippen molar-refractivity contribution in [2.45, 2.75) is 32.4 Å². The van der Waals surface area contributed by atoms with Gasteiger partial charge in [-0.05, 0) is 25.5 Å². The second-order valence-electron chi connectivity index (χ2n) is 5.50. The molecule has 2 unspecified atom stereocenters. The number of benzene rings is 1. The van der Waals surface area contributed by atoms with E-state index in [1.165, 1.54) is 0 Å². The summed E-state index contributed by atoms with van der Waals surface area (Å²) < 4.78 is 5.80. The summed E-state index contributed by atoms with van der Waals surface area (Å²) in [6.07, 6.45) is 1.26. The van der Waals surface area contributed by atoms with Crippen LogP contribution in [0.1, 0.15) is 20.3 Å². The zero-order chi connectivity index (χ0) is 14.8. The Hall–Kier alpha value is -1.88. The highest BCUT2D eigenvalue weighted by Gasteiger charge is 2.28. The third-order valence-corrected chi connectivity index (χ3v) is 4.02. The van der Waals surface area contributed by atoms with Crippen molar-refractivity contribution >= 4 is 22.7 Å². The maximum atomic E-state index is 5.80. The molecule has 1 saturated heterocycles. The molecule has 5 nitrogen and oxygen atoms in total. The predicted molar refractivity (Wildman–Crippen MR) is 85.9 cm³/mol. The number of anilines is 2. The Labute approximate surface area is 125 Å². The number of hydrogen-bond acceptors (Lipinski definition) is 5. The van der Waals surface area contributed by atoms with E-state index in [0.29, 0.717) is 12.0 Å². The summed E-state index contributed by atoms with van der Waals surface area (Å²) in [6.45, 7) is 5.92. The number of morpholine rings is 1. The molecule has 2 aromatic rings. The quantitative estimate of drug-likeness (QED) is 0.940. The lowest BCUT2D eigenvalue weighted by molar-refractivity contribution is 0.0297. The van der Waals surface area contributed by atoms with Gasteiger partial charge in [-0.25, -0.2) is 4.98 Å². The highest BCUT2D eigenvalue weighted by atomic mass is 16.5. The Morgan fingerprint density at radius 1 is 1.33 bits per heavy atom. The standard InChI is InChI=1S/C16H22N4O/c1-4-12-10-21-11(2)9-20(12)15-13-7-5-6-8-14(13)18-16(17-3)19-15/h5-8,11-12H,4,9-10H2,1-3H3,(H,17,18,19). The van der Waals surface area contributed by atoms with Gasteiger partial charge >= 0.3 is 0 Å². The number of para-hydroxylation sites is 1. The molecule has 0 radical (unpaired) electrons. The van der Waals surface area contributed by atoms with E-state index in [4.69, 9.17) is 9.72 Å². The van der Waals surface area contributed by atoms with Gasteiger partial charge in [-0.15, -0.1) is 0 Å². The molecule has 0 amide bonds. The van der Waals surface area contributed by atoms with Gasteiger partial charge in [0.05, 0.1) is 24.3 Å². The summed E-state index contributed by atoms with van der Waals surface area (Å²) in [5, 5.41) is 4.16. The lowest BCUT2D eigenvalue weighted by Gasteiger charge is -2.39. The van der Waals surface area contributed by atoms with Crippen molar-refractivity contribution in [3.63, 3.8) is 0 Å². The third kappa shape index (κ3) is 2.65. The summed E-state index contributed by atoms with van der Waals surface area (Å²) in [4.78, 5) is 11.6. The normalized spacial score (nSPS) is 22.5. The molecule has 1 aromatic carbocycles. The monoisotopic (exact) mass is 286 g/mol. The molecule has 21 heavy (non-hydrogen) atoms. The van der Waals surface area contributed by atoms with Crippen LogP contribution in [-0.4, -0.2) is 42.3 Å². The van der Waals surface area contributed by atoms with Gasteiger partial charge < -0.3 is 15.0 Å². The first-order valence-electron chi connectivity index (χ1n) is 7.55. The third-order valence-electron chi connectivity index (χ3n) is 4.02. The molecular formula is C16H22N4O. The second kappa shape index (κ2) is 5.85. The van der Waals surface area contributed by atoms with Crippen LogP contribution in [0, 0.1) is 0 Å². The summed E-state index contributed by atoms with van der Waals surface area (Å²) in [7, 11) is 1.85. The van der Waals surface area contributed by atoms with E-state index in [0.717, 1.165) is 36.3 Å². The van der Waals surface area contributed by atoms with Crippen molar-refractivity contribution in [1.29, 1.82) is 0 Å². The van der Waals surface area contributed by atoms with Crippen LogP contribution in [0.3, 0.4) is 0 Å². The largest absolute Gasteiger partial charge is 0.375 e. The van der Waals surface area contributed by atoms with Gasteiger partial charge in [0.2, 0.25) is 5.95 Å². The van der Waals surface area contributed by atoms with E-state index in [1.807, 2.05) is 25.2 Å². The zero-order valence-corrected chi connectivity index (χ0v) is 12.8. The van der Waals surface area contributed by atoms with Gasteiger partial charge in [0.15, 0.2) is 0 Å². The maximum Gasteiger partial charge on any atom is 0.224 e. The van der Waals surface area contributed by atoms with Crippen LogP contribution < -0.4 is 10.2 Å². The molecule has 1 aliphatic heterocycles. The maximum absolute atomic E-state index is 5.80. The van der Waals surface area contributed by atoms with E-state index >= 15 is 0 Å². The average Bonchev–Trinajstić information content (AvgIpc) is 2.53. The Morgan fingerprint density at radius 3 is 2.90 bits per heavy atom. The molecule has 1 N–H and O–H groups in total. The van der Waals surface area contributed by atoms with E-state index in [9.17, 15) is 0 Å². The first-order chi connectivity index (χ1) is 10.2. The number of hydrogen-bond donors (Lipinski definition) is 1. The smallest absolute Gasteiger partial charge is 0.224 e. The van der Waals surface area contributed by atoms with Crippen LogP contribution in [0.2, 0.25) is 0 Å². The number of nitrogens with one attached hydrogen (secondary N) is 1. The number of aromatic nitrogens is 2. The van der Waals surface area contributed by atoms with E-state index in [2.05, 4.69) is 35.1 Å². The second-order valence-corrected chi connectivity index (χ2v) is 5.50. The topological polar surface area (TPSA) is 50.3 Å². The Kier molecular flexibility index (Phi) is 3.92. The molecule has 1 fully saturated rings. The first-order valence-corrected chi connectivity index (χ1v) is 7.55. The minimum absolute atomic E-state index is 0.222. The fourth-order valence-electron chi connectivity index (χ4n) is 2.83. The summed E-state index contributed by atoms with van der Waals surface area (Å²) in [5.74, 6) is 1.67. The van der Waals surface area contributed by atoms with Gasteiger partial charge in [-0.3, -0.25) is 0 Å².